The average molecular weight is 280 g/mol. The molecule has 0 amide bonds. The van der Waals surface area contributed by atoms with Crippen LogP contribution in [0.5, 0.6) is 0 Å². The van der Waals surface area contributed by atoms with E-state index in [0.29, 0.717) is 0 Å². The van der Waals surface area contributed by atoms with Gasteiger partial charge in [-0.1, -0.05) is 32.1 Å². The molecule has 0 fully saturated rings. The molecule has 0 aliphatic heterocycles. The van der Waals surface area contributed by atoms with Crippen molar-refractivity contribution in [1.82, 2.24) is 0 Å². The minimum atomic E-state index is 0.0815. The lowest BCUT2D eigenvalue weighted by Crippen LogP contribution is -2.17. The molecule has 0 bridgehead atoms. The van der Waals surface area contributed by atoms with Crippen LogP contribution < -0.4 is 0 Å². The van der Waals surface area contributed by atoms with E-state index in [1.54, 1.807) is 11.3 Å². The van der Waals surface area contributed by atoms with Gasteiger partial charge >= 0.3 is 0 Å². The molecule has 100 valence electrons. The van der Waals surface area contributed by atoms with Crippen LogP contribution in [0.25, 0.3) is 6.08 Å². The molecule has 1 aromatic heterocycles. The van der Waals surface area contributed by atoms with Crippen LogP contribution in [0.1, 0.15) is 31.6 Å². The largest absolute Gasteiger partial charge is 0.192 e. The normalized spacial score (nSPS) is 17.4. The van der Waals surface area contributed by atoms with E-state index in [-0.39, 0.29) is 11.0 Å². The molecule has 0 spiro atoms. The summed E-state index contributed by atoms with van der Waals surface area (Å²) in [4.78, 5) is 1.21. The molecule has 1 heterocycles. The monoisotopic (exact) mass is 280 g/mol. The number of hydrogen-bond acceptors (Lipinski definition) is 3. The van der Waals surface area contributed by atoms with E-state index in [1.165, 1.54) is 10.5 Å². The zero-order valence-electron chi connectivity index (χ0n) is 11.7. The van der Waals surface area contributed by atoms with Gasteiger partial charge in [0.05, 0.1) is 0 Å². The van der Waals surface area contributed by atoms with Crippen LogP contribution in [-0.4, -0.2) is 0 Å². The fourth-order valence-corrected chi connectivity index (χ4v) is 3.09. The van der Waals surface area contributed by atoms with Gasteiger partial charge in [0.25, 0.3) is 0 Å². The molecule has 20 heavy (non-hydrogen) atoms. The zero-order valence-corrected chi connectivity index (χ0v) is 12.5. The Kier molecular flexibility index (Phi) is 4.23. The molecule has 0 atom stereocenters. The van der Waals surface area contributed by atoms with Crippen molar-refractivity contribution >= 4 is 17.4 Å². The quantitative estimate of drug-likeness (QED) is 0.727. The first kappa shape index (κ1) is 14.3. The van der Waals surface area contributed by atoms with Crippen molar-refractivity contribution in [2.45, 2.75) is 26.7 Å². The van der Waals surface area contributed by atoms with Gasteiger partial charge in [-0.15, -0.1) is 11.3 Å². The molecule has 0 saturated heterocycles. The maximum atomic E-state index is 9.04. The van der Waals surface area contributed by atoms with Crippen LogP contribution >= 0.6 is 11.3 Å². The Hall–Kier alpha value is -2.10. The number of hydrogen-bond donors (Lipinski definition) is 0. The van der Waals surface area contributed by atoms with E-state index >= 15 is 0 Å². The van der Waals surface area contributed by atoms with Crippen LogP contribution in [0.3, 0.4) is 0 Å². The van der Waals surface area contributed by atoms with Crippen molar-refractivity contribution in [3.63, 3.8) is 0 Å². The van der Waals surface area contributed by atoms with Crippen molar-refractivity contribution in [1.29, 1.82) is 10.5 Å². The molecule has 0 N–H and O–H groups in total. The molecule has 0 saturated carbocycles. The minimum Gasteiger partial charge on any atom is -0.192 e. The lowest BCUT2D eigenvalue weighted by Gasteiger charge is -2.30. The Labute approximate surface area is 124 Å². The topological polar surface area (TPSA) is 47.6 Å². The van der Waals surface area contributed by atoms with Crippen molar-refractivity contribution in [3.05, 3.63) is 51.3 Å². The first-order chi connectivity index (χ1) is 9.54. The maximum absolute atomic E-state index is 9.04. The molecule has 3 heteroatoms. The molecular weight excluding hydrogens is 264 g/mol. The first-order valence-electron chi connectivity index (χ1n) is 6.49. The predicted octanol–water partition coefficient (Wildman–Crippen LogP) is 4.85. The van der Waals surface area contributed by atoms with E-state index < -0.39 is 0 Å². The molecule has 0 aromatic carbocycles. The van der Waals surface area contributed by atoms with E-state index in [1.807, 2.05) is 29.7 Å². The summed E-state index contributed by atoms with van der Waals surface area (Å²) in [6, 6.07) is 8.10. The zero-order chi connectivity index (χ0) is 14.6. The van der Waals surface area contributed by atoms with Crippen molar-refractivity contribution in [3.8, 4) is 12.1 Å². The number of rotatable bonds is 2. The van der Waals surface area contributed by atoms with Crippen LogP contribution in [0, 0.1) is 28.1 Å². The van der Waals surface area contributed by atoms with Crippen LogP contribution in [0.4, 0.5) is 0 Å². The smallest absolute Gasteiger partial charge is 0.132 e. The number of nitriles is 2. The third kappa shape index (κ3) is 3.47. The summed E-state index contributed by atoms with van der Waals surface area (Å²) >= 11 is 1.70. The van der Waals surface area contributed by atoms with Gasteiger partial charge in [-0.3, -0.25) is 0 Å². The van der Waals surface area contributed by atoms with Gasteiger partial charge in [-0.05, 0) is 46.9 Å². The fraction of sp³-hybridized carbons (Fsp3) is 0.294. The lowest BCUT2D eigenvalue weighted by atomic mass is 9.74. The van der Waals surface area contributed by atoms with Gasteiger partial charge in [-0.2, -0.15) is 10.5 Å². The highest BCUT2D eigenvalue weighted by molar-refractivity contribution is 7.10. The highest BCUT2D eigenvalue weighted by Gasteiger charge is 2.26. The molecule has 2 rings (SSSR count). The molecule has 1 aliphatic rings. The van der Waals surface area contributed by atoms with E-state index in [4.69, 9.17) is 10.5 Å². The Morgan fingerprint density at radius 1 is 1.25 bits per heavy atom. The summed E-state index contributed by atoms with van der Waals surface area (Å²) in [6.45, 7) is 4.34. The summed E-state index contributed by atoms with van der Waals surface area (Å²) in [6.07, 6.45) is 7.92. The van der Waals surface area contributed by atoms with Crippen molar-refractivity contribution in [2.24, 2.45) is 5.41 Å². The minimum absolute atomic E-state index is 0.0815. The lowest BCUT2D eigenvalue weighted by molar-refractivity contribution is 0.354. The molecule has 0 unspecified atom stereocenters. The third-order valence-corrected chi connectivity index (χ3v) is 4.10. The number of allylic oxidation sites excluding steroid dienone is 5. The molecular formula is C17H16N2S. The Morgan fingerprint density at radius 2 is 2.00 bits per heavy atom. The highest BCUT2D eigenvalue weighted by Crippen LogP contribution is 2.39. The molecule has 1 aromatic rings. The van der Waals surface area contributed by atoms with Gasteiger partial charge in [0, 0.05) is 4.88 Å². The maximum Gasteiger partial charge on any atom is 0.132 e. The predicted molar refractivity (Wildman–Crippen MR) is 82.7 cm³/mol. The second kappa shape index (κ2) is 5.90. The Bertz CT molecular complexity index is 643. The highest BCUT2D eigenvalue weighted by atomic mass is 32.1. The summed E-state index contributed by atoms with van der Waals surface area (Å²) < 4.78 is 0. The van der Waals surface area contributed by atoms with Crippen molar-refractivity contribution in [2.75, 3.05) is 0 Å². The molecule has 1 aliphatic carbocycles. The van der Waals surface area contributed by atoms with Gasteiger partial charge in [0.1, 0.15) is 17.7 Å². The standard InChI is InChI=1S/C17H16N2S/c1-17(2)9-13(5-6-16-4-3-7-20-16)8-14(10-17)15(11-18)12-19/h3-8H,9-10H2,1-2H3/b6-5+. The fourth-order valence-electron chi connectivity index (χ4n) is 2.47. The third-order valence-electron chi connectivity index (χ3n) is 3.26. The number of nitrogens with zero attached hydrogens (tertiary/aromatic N) is 2. The SMILES string of the molecule is CC1(C)CC(/C=C/c2cccs2)=CC(=C(C#N)C#N)C1. The van der Waals surface area contributed by atoms with E-state index in [2.05, 4.69) is 32.1 Å². The summed E-state index contributed by atoms with van der Waals surface area (Å²) in [5, 5.41) is 20.1. The summed E-state index contributed by atoms with van der Waals surface area (Å²) in [7, 11) is 0. The second-order valence-electron chi connectivity index (χ2n) is 5.71. The van der Waals surface area contributed by atoms with Gasteiger partial charge < -0.3 is 0 Å². The summed E-state index contributed by atoms with van der Waals surface area (Å²) in [5.74, 6) is 0. The van der Waals surface area contributed by atoms with Gasteiger partial charge in [0.15, 0.2) is 0 Å². The molecule has 0 radical (unpaired) electrons. The Morgan fingerprint density at radius 3 is 2.60 bits per heavy atom. The summed E-state index contributed by atoms with van der Waals surface area (Å²) in [5.41, 5.74) is 2.35. The average Bonchev–Trinajstić information content (AvgIpc) is 2.89. The van der Waals surface area contributed by atoms with Gasteiger partial charge in [-0.25, -0.2) is 0 Å². The van der Waals surface area contributed by atoms with E-state index in [0.717, 1.165) is 18.4 Å². The van der Waals surface area contributed by atoms with Crippen LogP contribution in [0.2, 0.25) is 0 Å². The second-order valence-corrected chi connectivity index (χ2v) is 6.69. The van der Waals surface area contributed by atoms with Crippen LogP contribution in [0.15, 0.2) is 46.4 Å². The Balaban J connectivity index is 2.35. The van der Waals surface area contributed by atoms with Crippen LogP contribution in [-0.2, 0) is 0 Å². The number of thiophene rings is 1. The van der Waals surface area contributed by atoms with Gasteiger partial charge in [0.2, 0.25) is 0 Å². The van der Waals surface area contributed by atoms with Crippen molar-refractivity contribution < 1.29 is 0 Å². The van der Waals surface area contributed by atoms with E-state index in [9.17, 15) is 0 Å². The first-order valence-corrected chi connectivity index (χ1v) is 7.37. The molecule has 2 nitrogen and oxygen atoms in total.